The minimum Gasteiger partial charge on any atom is -0.382 e. The van der Waals surface area contributed by atoms with E-state index in [-0.39, 0.29) is 0 Å². The summed E-state index contributed by atoms with van der Waals surface area (Å²) in [6, 6.07) is 12.7. The first-order valence-electron chi connectivity index (χ1n) is 6.80. The van der Waals surface area contributed by atoms with E-state index in [9.17, 15) is 0 Å². The van der Waals surface area contributed by atoms with E-state index in [2.05, 4.69) is 64.6 Å². The molecule has 3 heteroatoms. The van der Waals surface area contributed by atoms with Crippen molar-refractivity contribution >= 4 is 32.4 Å². The molecule has 1 N–H and O–H groups in total. The van der Waals surface area contributed by atoms with Crippen LogP contribution in [0.1, 0.15) is 19.8 Å². The number of ether oxygens (including phenoxy) is 1. The quantitative estimate of drug-likeness (QED) is 0.894. The molecule has 0 radical (unpaired) electrons. The van der Waals surface area contributed by atoms with Gasteiger partial charge in [0.15, 0.2) is 0 Å². The number of nitrogens with one attached hydrogen (secondary N) is 1. The molecule has 2 nitrogen and oxygen atoms in total. The molecule has 0 spiro atoms. The maximum absolute atomic E-state index is 5.85. The number of anilines is 1. The average Bonchev–Trinajstić information content (AvgIpc) is 2.84. The van der Waals surface area contributed by atoms with E-state index in [4.69, 9.17) is 4.74 Å². The van der Waals surface area contributed by atoms with E-state index in [1.54, 1.807) is 0 Å². The van der Waals surface area contributed by atoms with E-state index in [1.165, 1.54) is 22.9 Å². The largest absolute Gasteiger partial charge is 0.382 e. The van der Waals surface area contributed by atoms with Crippen LogP contribution >= 0.6 is 15.9 Å². The molecule has 1 fully saturated rings. The van der Waals surface area contributed by atoms with Gasteiger partial charge in [-0.15, -0.1) is 0 Å². The highest BCUT2D eigenvalue weighted by atomic mass is 79.9. The van der Waals surface area contributed by atoms with Gasteiger partial charge in [0.05, 0.1) is 12.2 Å². The maximum atomic E-state index is 5.85. The zero-order chi connectivity index (χ0) is 13.2. The molecule has 0 amide bonds. The first-order chi connectivity index (χ1) is 9.24. The summed E-state index contributed by atoms with van der Waals surface area (Å²) < 4.78 is 6.99. The minimum atomic E-state index is 0.345. The van der Waals surface area contributed by atoms with Crippen LogP contribution in [0.3, 0.4) is 0 Å². The smallest absolute Gasteiger partial charge is 0.0751 e. The molecule has 19 heavy (non-hydrogen) atoms. The molecule has 0 aliphatic carbocycles. The number of fused-ring (bicyclic) bond motifs is 1. The molecule has 0 aromatic heterocycles. The molecular weight excluding hydrogens is 302 g/mol. The van der Waals surface area contributed by atoms with Gasteiger partial charge in [0.25, 0.3) is 0 Å². The Kier molecular flexibility index (Phi) is 3.76. The molecule has 2 aromatic carbocycles. The van der Waals surface area contributed by atoms with Crippen molar-refractivity contribution < 1.29 is 4.74 Å². The summed E-state index contributed by atoms with van der Waals surface area (Å²) in [4.78, 5) is 0. The third-order valence-corrected chi connectivity index (χ3v) is 4.40. The lowest BCUT2D eigenvalue weighted by Gasteiger charge is -2.15. The molecule has 0 bridgehead atoms. The average molecular weight is 320 g/mol. The molecule has 100 valence electrons. The lowest BCUT2D eigenvalue weighted by Crippen LogP contribution is -2.19. The lowest BCUT2D eigenvalue weighted by atomic mass is 10.1. The molecule has 1 aliphatic rings. The zero-order valence-corrected chi connectivity index (χ0v) is 12.6. The van der Waals surface area contributed by atoms with Crippen molar-refractivity contribution in [2.75, 3.05) is 11.9 Å². The van der Waals surface area contributed by atoms with Crippen molar-refractivity contribution in [3.63, 3.8) is 0 Å². The van der Waals surface area contributed by atoms with E-state index in [1.807, 2.05) is 0 Å². The lowest BCUT2D eigenvalue weighted by molar-refractivity contribution is 0.0637. The van der Waals surface area contributed by atoms with Gasteiger partial charge in [0.2, 0.25) is 0 Å². The Morgan fingerprint density at radius 3 is 2.68 bits per heavy atom. The Morgan fingerprint density at radius 2 is 1.95 bits per heavy atom. The fourth-order valence-electron chi connectivity index (χ4n) is 2.68. The third kappa shape index (κ3) is 2.77. The zero-order valence-electron chi connectivity index (χ0n) is 11.0. The number of hydrogen-bond acceptors (Lipinski definition) is 2. The van der Waals surface area contributed by atoms with Crippen molar-refractivity contribution in [1.29, 1.82) is 0 Å². The summed E-state index contributed by atoms with van der Waals surface area (Å²) in [7, 11) is 0. The van der Waals surface area contributed by atoms with E-state index in [0.29, 0.717) is 12.2 Å². The van der Waals surface area contributed by atoms with E-state index in [0.717, 1.165) is 17.4 Å². The first kappa shape index (κ1) is 12.9. The molecule has 0 saturated carbocycles. The Morgan fingerprint density at radius 1 is 1.16 bits per heavy atom. The molecule has 1 heterocycles. The van der Waals surface area contributed by atoms with Crippen LogP contribution in [0.15, 0.2) is 40.9 Å². The van der Waals surface area contributed by atoms with Gasteiger partial charge >= 0.3 is 0 Å². The highest BCUT2D eigenvalue weighted by molar-refractivity contribution is 9.10. The number of benzene rings is 2. The van der Waals surface area contributed by atoms with Crippen molar-refractivity contribution in [3.05, 3.63) is 40.9 Å². The number of halogens is 1. The monoisotopic (exact) mass is 319 g/mol. The van der Waals surface area contributed by atoms with Gasteiger partial charge in [-0.05, 0) is 37.3 Å². The van der Waals surface area contributed by atoms with Gasteiger partial charge in [-0.2, -0.15) is 0 Å². The fourth-order valence-corrected chi connectivity index (χ4v) is 3.15. The summed E-state index contributed by atoms with van der Waals surface area (Å²) >= 11 is 3.60. The Bertz CT molecular complexity index is 584. The normalized spacial score (nSPS) is 22.8. The summed E-state index contributed by atoms with van der Waals surface area (Å²) in [6.07, 6.45) is 3.08. The molecule has 2 atom stereocenters. The number of hydrogen-bond donors (Lipinski definition) is 1. The Balaban J connectivity index is 1.79. The van der Waals surface area contributed by atoms with Crippen LogP contribution in [0, 0.1) is 0 Å². The maximum Gasteiger partial charge on any atom is 0.0751 e. The van der Waals surface area contributed by atoms with Crippen LogP contribution in [0.25, 0.3) is 10.8 Å². The molecule has 2 unspecified atom stereocenters. The highest BCUT2D eigenvalue weighted by Gasteiger charge is 2.21. The van der Waals surface area contributed by atoms with Crippen LogP contribution in [0.2, 0.25) is 0 Å². The summed E-state index contributed by atoms with van der Waals surface area (Å²) in [6.45, 7) is 3.03. The third-order valence-electron chi connectivity index (χ3n) is 3.71. The van der Waals surface area contributed by atoms with Crippen LogP contribution < -0.4 is 5.32 Å². The second-order valence-corrected chi connectivity index (χ2v) is 6.02. The van der Waals surface area contributed by atoms with Gasteiger partial charge in [0, 0.05) is 22.1 Å². The summed E-state index contributed by atoms with van der Waals surface area (Å²) in [5, 5.41) is 6.03. The standard InChI is InChI=1S/C16H18BrNO/c1-11-6-7-12(19-11)10-18-16-9-8-15(17)13-4-2-3-5-14(13)16/h2-5,8-9,11-12,18H,6-7,10H2,1H3. The fraction of sp³-hybridized carbons (Fsp3) is 0.375. The van der Waals surface area contributed by atoms with E-state index >= 15 is 0 Å². The van der Waals surface area contributed by atoms with E-state index < -0.39 is 0 Å². The van der Waals surface area contributed by atoms with Gasteiger partial charge < -0.3 is 10.1 Å². The van der Waals surface area contributed by atoms with Crippen LogP contribution in [0.5, 0.6) is 0 Å². The van der Waals surface area contributed by atoms with Crippen molar-refractivity contribution in [2.45, 2.75) is 32.0 Å². The first-order valence-corrected chi connectivity index (χ1v) is 7.60. The number of rotatable bonds is 3. The van der Waals surface area contributed by atoms with Crippen molar-refractivity contribution in [1.82, 2.24) is 0 Å². The van der Waals surface area contributed by atoms with Crippen LogP contribution in [-0.4, -0.2) is 18.8 Å². The summed E-state index contributed by atoms with van der Waals surface area (Å²) in [5.74, 6) is 0. The van der Waals surface area contributed by atoms with Crippen LogP contribution in [-0.2, 0) is 4.74 Å². The van der Waals surface area contributed by atoms with Crippen molar-refractivity contribution in [3.8, 4) is 0 Å². The van der Waals surface area contributed by atoms with Gasteiger partial charge in [-0.3, -0.25) is 0 Å². The Labute approximate surface area is 122 Å². The summed E-state index contributed by atoms with van der Waals surface area (Å²) in [5.41, 5.74) is 1.18. The molecule has 1 saturated heterocycles. The minimum absolute atomic E-state index is 0.345. The predicted molar refractivity (Wildman–Crippen MR) is 83.7 cm³/mol. The van der Waals surface area contributed by atoms with Crippen LogP contribution in [0.4, 0.5) is 5.69 Å². The second-order valence-electron chi connectivity index (χ2n) is 5.17. The highest BCUT2D eigenvalue weighted by Crippen LogP contribution is 2.30. The predicted octanol–water partition coefficient (Wildman–Crippen LogP) is 4.58. The SMILES string of the molecule is CC1CCC(CNc2ccc(Br)c3ccccc23)O1. The van der Waals surface area contributed by atoms with Gasteiger partial charge in [-0.25, -0.2) is 0 Å². The Hall–Kier alpha value is -1.06. The van der Waals surface area contributed by atoms with Gasteiger partial charge in [0.1, 0.15) is 0 Å². The molecule has 1 aliphatic heterocycles. The van der Waals surface area contributed by atoms with Crippen molar-refractivity contribution in [2.24, 2.45) is 0 Å². The topological polar surface area (TPSA) is 21.3 Å². The molecular formula is C16H18BrNO. The molecule has 3 rings (SSSR count). The second kappa shape index (κ2) is 5.51. The molecule has 2 aromatic rings. The van der Waals surface area contributed by atoms with Gasteiger partial charge in [-0.1, -0.05) is 40.2 Å².